The summed E-state index contributed by atoms with van der Waals surface area (Å²) in [6.45, 7) is 3.60. The minimum absolute atomic E-state index is 0.0234. The monoisotopic (exact) mass is 453 g/mol. The number of carboxylic acids is 1. The van der Waals surface area contributed by atoms with E-state index >= 15 is 0 Å². The van der Waals surface area contributed by atoms with Gasteiger partial charge in [-0.05, 0) is 55.3 Å². The minimum Gasteiger partial charge on any atom is -0.507 e. The molecular weight excluding hydrogens is 430 g/mol. The van der Waals surface area contributed by atoms with E-state index in [0.717, 1.165) is 12.0 Å². The van der Waals surface area contributed by atoms with Crippen LogP contribution < -0.4 is 4.74 Å². The average molecular weight is 454 g/mol. The minimum atomic E-state index is -1.62. The first kappa shape index (κ1) is 23.1. The van der Waals surface area contributed by atoms with Gasteiger partial charge in [0.2, 0.25) is 0 Å². The van der Waals surface area contributed by atoms with Crippen molar-refractivity contribution in [2.45, 2.75) is 43.2 Å². The van der Waals surface area contributed by atoms with Crippen LogP contribution in [-0.2, 0) is 23.8 Å². The van der Waals surface area contributed by atoms with E-state index in [2.05, 4.69) is 4.98 Å². The smallest absolute Gasteiger partial charge is 0.335 e. The Kier molecular flexibility index (Phi) is 7.37. The van der Waals surface area contributed by atoms with Crippen LogP contribution in [0.3, 0.4) is 0 Å². The van der Waals surface area contributed by atoms with Gasteiger partial charge < -0.3 is 14.9 Å². The number of aromatic hydroxyl groups is 1. The Morgan fingerprint density at radius 2 is 1.81 bits per heavy atom. The molecule has 0 amide bonds. The van der Waals surface area contributed by atoms with Gasteiger partial charge in [-0.2, -0.15) is 0 Å². The highest BCUT2D eigenvalue weighted by molar-refractivity contribution is 7.85. The Bertz CT molecular complexity index is 1170. The fourth-order valence-corrected chi connectivity index (χ4v) is 4.18. The van der Waals surface area contributed by atoms with Crippen LogP contribution in [0.5, 0.6) is 11.5 Å². The van der Waals surface area contributed by atoms with Crippen LogP contribution in [0.2, 0.25) is 0 Å². The summed E-state index contributed by atoms with van der Waals surface area (Å²) in [6, 6.07) is 12.7. The molecule has 166 valence electrons. The van der Waals surface area contributed by atoms with Crippen LogP contribution >= 0.6 is 0 Å². The topological polar surface area (TPSA) is 114 Å². The van der Waals surface area contributed by atoms with Gasteiger partial charge in [-0.1, -0.05) is 25.5 Å². The second kappa shape index (κ2) is 10.2. The molecule has 0 bridgehead atoms. The number of phenols is 1. The molecule has 0 saturated carbocycles. The molecule has 0 saturated heterocycles. The fraction of sp³-hybridized carbons (Fsp3) is 0.208. The average Bonchev–Trinajstić information content (AvgIpc) is 2.79. The van der Waals surface area contributed by atoms with Crippen molar-refractivity contribution < 1.29 is 28.7 Å². The number of ketones is 1. The number of pyridine rings is 1. The predicted octanol–water partition coefficient (Wildman–Crippen LogP) is 4.39. The zero-order chi connectivity index (χ0) is 23.3. The maximum atomic E-state index is 12.7. The van der Waals surface area contributed by atoms with E-state index in [1.807, 2.05) is 6.92 Å². The molecule has 0 aliphatic carbocycles. The van der Waals surface area contributed by atoms with Gasteiger partial charge in [0.15, 0.2) is 5.78 Å². The van der Waals surface area contributed by atoms with Gasteiger partial charge in [0, 0.05) is 16.7 Å². The Balaban J connectivity index is 1.75. The zero-order valence-electron chi connectivity index (χ0n) is 17.7. The number of carbonyl (C=O) groups is 2. The number of aromatic nitrogens is 1. The van der Waals surface area contributed by atoms with E-state index in [9.17, 15) is 18.9 Å². The molecule has 2 N–H and O–H groups in total. The molecule has 32 heavy (non-hydrogen) atoms. The van der Waals surface area contributed by atoms with Gasteiger partial charge in [0.05, 0.1) is 11.1 Å². The molecule has 3 aromatic rings. The van der Waals surface area contributed by atoms with E-state index in [1.54, 1.807) is 36.4 Å². The number of hydrogen-bond acceptors (Lipinski definition) is 6. The van der Waals surface area contributed by atoms with Crippen LogP contribution in [-0.4, -0.2) is 31.2 Å². The van der Waals surface area contributed by atoms with Crippen molar-refractivity contribution in [3.8, 4) is 11.5 Å². The molecule has 0 aliphatic rings. The lowest BCUT2D eigenvalue weighted by atomic mass is 10.0. The molecular formula is C24H23NO6S. The second-order valence-corrected chi connectivity index (χ2v) is 8.56. The van der Waals surface area contributed by atoms with Crippen LogP contribution in [0.4, 0.5) is 0 Å². The van der Waals surface area contributed by atoms with Gasteiger partial charge in [0.1, 0.15) is 33.9 Å². The summed E-state index contributed by atoms with van der Waals surface area (Å²) in [5.41, 5.74) is 1.71. The summed E-state index contributed by atoms with van der Waals surface area (Å²) in [7, 11) is -1.62. The normalized spacial score (nSPS) is 11.7. The Hall–Kier alpha value is -3.52. The lowest BCUT2D eigenvalue weighted by Gasteiger charge is -2.15. The third-order valence-corrected chi connectivity index (χ3v) is 6.13. The molecule has 3 rings (SSSR count). The number of benzene rings is 2. The maximum absolute atomic E-state index is 12.7. The number of ether oxygens (including phenoxy) is 1. The SMILES string of the molecule is CCCc1c(OCc2ccc(S(=O)c3cc(C(=O)O)ccn3)cc2)ccc(C(C)=O)c1O. The maximum Gasteiger partial charge on any atom is 0.335 e. The van der Waals surface area contributed by atoms with Crippen molar-refractivity contribution in [3.05, 3.63) is 77.0 Å². The van der Waals surface area contributed by atoms with Crippen LogP contribution in [0.25, 0.3) is 0 Å². The first-order valence-corrected chi connectivity index (χ1v) is 11.2. The molecule has 7 nitrogen and oxygen atoms in total. The third-order valence-electron chi connectivity index (χ3n) is 4.82. The molecule has 0 aliphatic heterocycles. The highest BCUT2D eigenvalue weighted by Gasteiger charge is 2.16. The molecule has 1 unspecified atom stereocenters. The summed E-state index contributed by atoms with van der Waals surface area (Å²) < 4.78 is 18.6. The van der Waals surface area contributed by atoms with Gasteiger partial charge in [-0.25, -0.2) is 14.0 Å². The molecule has 8 heteroatoms. The number of Topliss-reactive ketones (excluding diaryl/α,β-unsaturated/α-hetero) is 1. The molecule has 1 heterocycles. The van der Waals surface area contributed by atoms with Crippen LogP contribution in [0, 0.1) is 0 Å². The van der Waals surface area contributed by atoms with Gasteiger partial charge in [-0.3, -0.25) is 4.79 Å². The van der Waals surface area contributed by atoms with Crippen molar-refractivity contribution in [3.63, 3.8) is 0 Å². The third kappa shape index (κ3) is 5.20. The number of nitrogens with zero attached hydrogens (tertiary/aromatic N) is 1. The highest BCUT2D eigenvalue weighted by atomic mass is 32.2. The molecule has 0 spiro atoms. The molecule has 0 fully saturated rings. The van der Waals surface area contributed by atoms with Crippen molar-refractivity contribution in [2.24, 2.45) is 0 Å². The van der Waals surface area contributed by atoms with Crippen LogP contribution in [0.15, 0.2) is 64.6 Å². The Labute approximate surface area is 188 Å². The van der Waals surface area contributed by atoms with E-state index < -0.39 is 16.8 Å². The number of aromatic carboxylic acids is 1. The standard InChI is InChI=1S/C24H23NO6S/c1-3-4-20-21(10-9-19(15(2)26)23(20)27)31-14-16-5-7-18(8-6-16)32(30)22-13-17(24(28)29)11-12-25-22/h5-13,27H,3-4,14H2,1-2H3,(H,28,29). The summed E-state index contributed by atoms with van der Waals surface area (Å²) in [5.74, 6) is -0.850. The Morgan fingerprint density at radius 3 is 2.44 bits per heavy atom. The van der Waals surface area contributed by atoms with Gasteiger partial charge in [0.25, 0.3) is 0 Å². The molecule has 1 atom stereocenters. The van der Waals surface area contributed by atoms with Crippen molar-refractivity contribution in [1.82, 2.24) is 4.98 Å². The first-order valence-electron chi connectivity index (χ1n) is 10.0. The fourth-order valence-electron chi connectivity index (χ4n) is 3.16. The predicted molar refractivity (Wildman–Crippen MR) is 119 cm³/mol. The first-order chi connectivity index (χ1) is 15.3. The highest BCUT2D eigenvalue weighted by Crippen LogP contribution is 2.33. The quantitative estimate of drug-likeness (QED) is 0.462. The van der Waals surface area contributed by atoms with E-state index in [4.69, 9.17) is 9.84 Å². The lowest BCUT2D eigenvalue weighted by molar-refractivity contribution is 0.0696. The van der Waals surface area contributed by atoms with E-state index in [1.165, 1.54) is 25.3 Å². The number of rotatable bonds is 9. The lowest BCUT2D eigenvalue weighted by Crippen LogP contribution is -2.03. The number of carboxylic acid groups (broad SMARTS) is 1. The van der Waals surface area contributed by atoms with Gasteiger partial charge in [-0.15, -0.1) is 0 Å². The number of hydrogen-bond donors (Lipinski definition) is 2. The largest absolute Gasteiger partial charge is 0.507 e. The molecule has 1 aromatic heterocycles. The summed E-state index contributed by atoms with van der Waals surface area (Å²) in [6.07, 6.45) is 2.67. The summed E-state index contributed by atoms with van der Waals surface area (Å²) in [5, 5.41) is 19.7. The number of phenolic OH excluding ortho intramolecular Hbond substituents is 1. The van der Waals surface area contributed by atoms with Crippen molar-refractivity contribution in [2.75, 3.05) is 0 Å². The van der Waals surface area contributed by atoms with Crippen molar-refractivity contribution >= 4 is 22.6 Å². The van der Waals surface area contributed by atoms with Gasteiger partial charge >= 0.3 is 5.97 Å². The second-order valence-electron chi connectivity index (χ2n) is 7.13. The number of carbonyl (C=O) groups excluding carboxylic acids is 1. The molecule has 0 radical (unpaired) electrons. The van der Waals surface area contributed by atoms with Crippen LogP contribution in [0.1, 0.15) is 52.1 Å². The van der Waals surface area contributed by atoms with E-state index in [0.29, 0.717) is 22.6 Å². The summed E-state index contributed by atoms with van der Waals surface area (Å²) in [4.78, 5) is 27.3. The zero-order valence-corrected chi connectivity index (χ0v) is 18.5. The summed E-state index contributed by atoms with van der Waals surface area (Å²) >= 11 is 0. The molecule has 2 aromatic carbocycles. The van der Waals surface area contributed by atoms with E-state index in [-0.39, 0.29) is 34.3 Å². The Morgan fingerprint density at radius 1 is 1.09 bits per heavy atom. The van der Waals surface area contributed by atoms with Crippen molar-refractivity contribution in [1.29, 1.82) is 0 Å².